The standard InChI is InChI=1S/C51H66N8/c1-22(2)23(3)20-24(4)25(5)38(18)46(54-39(19)52)55-48-42-34(14)28(8)30(10)36(16)44(42)50(57-48)59-51-45-37(17)31(11)29(9)35(15)43(45)49(58-51)56-47-41-33(13)27(7)26(6)32(12)40(41)21-53-47/h20,25,39,54H,21,52H2,1-19H3,(H,53,55,56,57,58,59)/b24-20-,46-38+. The van der Waals surface area contributed by atoms with E-state index in [9.17, 15) is 0 Å². The van der Waals surface area contributed by atoms with Gasteiger partial charge in [-0.15, -0.1) is 0 Å². The van der Waals surface area contributed by atoms with Gasteiger partial charge in [-0.1, -0.05) is 29.7 Å². The van der Waals surface area contributed by atoms with Crippen molar-refractivity contribution in [2.45, 2.75) is 144 Å². The minimum Gasteiger partial charge on any atom is -0.355 e. The molecule has 3 aromatic carbocycles. The molecule has 6 rings (SSSR count). The SMILES string of the molecule is CC(C)=C(C)/C=C(/C)C(C)/C(C)=C(/N=C1\N=C(NC2=NC(=NC3=NCc4c(C)c(C)c(C)c(C)c43)c3c(C)c(C)c(C)c(C)c32)c2c(C)c(C)c(C)c(C)c21)NC(C)N. The lowest BCUT2D eigenvalue weighted by molar-refractivity contribution is 0.616. The van der Waals surface area contributed by atoms with Gasteiger partial charge in [-0.25, -0.2) is 20.0 Å². The molecule has 0 bridgehead atoms. The lowest BCUT2D eigenvalue weighted by atomic mass is 9.88. The summed E-state index contributed by atoms with van der Waals surface area (Å²) in [6.45, 7) is 42.0. The van der Waals surface area contributed by atoms with E-state index in [1.807, 2.05) is 6.92 Å². The summed E-state index contributed by atoms with van der Waals surface area (Å²) in [5.41, 5.74) is 32.8. The van der Waals surface area contributed by atoms with Crippen molar-refractivity contribution in [1.29, 1.82) is 0 Å². The summed E-state index contributed by atoms with van der Waals surface area (Å²) in [4.78, 5) is 26.4. The third-order valence-corrected chi connectivity index (χ3v) is 14.1. The molecule has 3 aliphatic rings. The van der Waals surface area contributed by atoms with Gasteiger partial charge < -0.3 is 16.4 Å². The van der Waals surface area contributed by atoms with E-state index in [0.717, 1.165) is 62.3 Å². The van der Waals surface area contributed by atoms with Gasteiger partial charge in [0.25, 0.3) is 0 Å². The second-order valence-electron chi connectivity index (χ2n) is 17.7. The normalized spacial score (nSPS) is 17.4. The minimum atomic E-state index is -0.317. The maximum absolute atomic E-state index is 6.43. The summed E-state index contributed by atoms with van der Waals surface area (Å²) in [5, 5.41) is 7.29. The number of amidine groups is 5. The number of fused-ring (bicyclic) bond motifs is 3. The van der Waals surface area contributed by atoms with Crippen molar-refractivity contribution >= 4 is 29.2 Å². The molecule has 0 amide bonds. The molecular weight excluding hydrogens is 725 g/mol. The number of rotatable bonds is 6. The Balaban J connectivity index is 1.56. The quantitative estimate of drug-likeness (QED) is 0.171. The highest BCUT2D eigenvalue weighted by atomic mass is 15.2. The first-order valence-electron chi connectivity index (χ1n) is 21.1. The number of nitrogens with one attached hydrogen (secondary N) is 2. The first-order chi connectivity index (χ1) is 27.6. The Morgan fingerprint density at radius 2 is 1.03 bits per heavy atom. The van der Waals surface area contributed by atoms with Crippen molar-refractivity contribution < 1.29 is 0 Å². The maximum atomic E-state index is 6.43. The van der Waals surface area contributed by atoms with Crippen LogP contribution in [0, 0.1) is 89.0 Å². The number of nitrogens with zero attached hydrogens (tertiary/aromatic N) is 5. The van der Waals surface area contributed by atoms with Crippen LogP contribution in [0.1, 0.15) is 149 Å². The molecule has 0 saturated heterocycles. The van der Waals surface area contributed by atoms with E-state index < -0.39 is 0 Å². The van der Waals surface area contributed by atoms with Crippen LogP contribution in [0.25, 0.3) is 0 Å². The minimum absolute atomic E-state index is 0.122. The Bertz CT molecular complexity index is 2610. The van der Waals surface area contributed by atoms with Gasteiger partial charge in [0.1, 0.15) is 17.5 Å². The van der Waals surface area contributed by atoms with Gasteiger partial charge in [0, 0.05) is 33.7 Å². The van der Waals surface area contributed by atoms with E-state index in [-0.39, 0.29) is 12.1 Å². The average Bonchev–Trinajstić information content (AvgIpc) is 3.88. The number of allylic oxidation sites excluding steroid dienone is 5. The molecule has 0 spiro atoms. The van der Waals surface area contributed by atoms with Crippen LogP contribution in [0.2, 0.25) is 0 Å². The molecule has 3 aromatic rings. The lowest BCUT2D eigenvalue weighted by Gasteiger charge is -2.20. The first-order valence-corrected chi connectivity index (χ1v) is 21.1. The number of hydrogen-bond acceptors (Lipinski definition) is 6. The smallest absolute Gasteiger partial charge is 0.165 e. The fourth-order valence-corrected chi connectivity index (χ4v) is 8.69. The molecule has 0 aromatic heterocycles. The Labute approximate surface area is 353 Å². The van der Waals surface area contributed by atoms with Gasteiger partial charge in [-0.2, -0.15) is 0 Å². The Morgan fingerprint density at radius 1 is 0.593 bits per heavy atom. The molecule has 8 heteroatoms. The molecule has 0 aliphatic carbocycles. The molecule has 0 fully saturated rings. The van der Waals surface area contributed by atoms with Gasteiger partial charge in [0.15, 0.2) is 17.5 Å². The van der Waals surface area contributed by atoms with E-state index in [2.05, 4.69) is 141 Å². The third kappa shape index (κ3) is 7.39. The van der Waals surface area contributed by atoms with Crippen molar-refractivity contribution in [3.8, 4) is 0 Å². The van der Waals surface area contributed by atoms with Crippen molar-refractivity contribution in [1.82, 2.24) is 10.6 Å². The molecule has 2 unspecified atom stereocenters. The summed E-state index contributed by atoms with van der Waals surface area (Å²) in [6, 6.07) is 0. The summed E-state index contributed by atoms with van der Waals surface area (Å²) in [7, 11) is 0. The molecule has 3 heterocycles. The molecule has 0 radical (unpaired) electrons. The van der Waals surface area contributed by atoms with Gasteiger partial charge in [0.05, 0.1) is 12.7 Å². The zero-order chi connectivity index (χ0) is 43.7. The largest absolute Gasteiger partial charge is 0.355 e. The maximum Gasteiger partial charge on any atom is 0.165 e. The highest BCUT2D eigenvalue weighted by Crippen LogP contribution is 2.37. The molecule has 310 valence electrons. The van der Waals surface area contributed by atoms with E-state index in [1.54, 1.807) is 0 Å². The molecule has 0 saturated carbocycles. The van der Waals surface area contributed by atoms with Crippen molar-refractivity contribution in [3.63, 3.8) is 0 Å². The molecule has 59 heavy (non-hydrogen) atoms. The highest BCUT2D eigenvalue weighted by Gasteiger charge is 2.35. The predicted molar refractivity (Wildman–Crippen MR) is 252 cm³/mol. The van der Waals surface area contributed by atoms with Crippen LogP contribution in [0.15, 0.2) is 59.2 Å². The van der Waals surface area contributed by atoms with Crippen LogP contribution >= 0.6 is 0 Å². The topological polar surface area (TPSA) is 112 Å². The third-order valence-electron chi connectivity index (χ3n) is 14.1. The fourth-order valence-electron chi connectivity index (χ4n) is 8.69. The monoisotopic (exact) mass is 791 g/mol. The lowest BCUT2D eigenvalue weighted by Crippen LogP contribution is -2.34. The number of hydrogen-bond donors (Lipinski definition) is 3. The predicted octanol–water partition coefficient (Wildman–Crippen LogP) is 10.7. The van der Waals surface area contributed by atoms with Crippen LogP contribution in [0.3, 0.4) is 0 Å². The van der Waals surface area contributed by atoms with Crippen molar-refractivity contribution in [2.24, 2.45) is 36.6 Å². The fraction of sp³-hybridized carbons (Fsp3) is 0.431. The van der Waals surface area contributed by atoms with E-state index >= 15 is 0 Å². The number of benzene rings is 3. The zero-order valence-corrected chi connectivity index (χ0v) is 39.3. The van der Waals surface area contributed by atoms with Crippen LogP contribution < -0.4 is 16.4 Å². The molecule has 4 N–H and O–H groups in total. The van der Waals surface area contributed by atoms with E-state index in [4.69, 9.17) is 30.7 Å². The molecule has 2 atom stereocenters. The van der Waals surface area contributed by atoms with Crippen LogP contribution in [0.4, 0.5) is 0 Å². The van der Waals surface area contributed by atoms with Gasteiger partial charge in [0.2, 0.25) is 0 Å². The van der Waals surface area contributed by atoms with Gasteiger partial charge in [-0.3, -0.25) is 4.99 Å². The first kappa shape index (κ1) is 43.4. The Kier molecular flexibility index (Phi) is 11.8. The van der Waals surface area contributed by atoms with Crippen molar-refractivity contribution in [2.75, 3.05) is 0 Å². The second kappa shape index (κ2) is 16.1. The molecule has 3 aliphatic heterocycles. The van der Waals surface area contributed by atoms with E-state index in [1.165, 1.54) is 83.5 Å². The van der Waals surface area contributed by atoms with E-state index in [0.29, 0.717) is 18.2 Å². The summed E-state index contributed by atoms with van der Waals surface area (Å²) in [6.07, 6.45) is 1.96. The Hall–Kier alpha value is -5.21. The average molecular weight is 791 g/mol. The van der Waals surface area contributed by atoms with Crippen LogP contribution in [-0.4, -0.2) is 35.3 Å². The van der Waals surface area contributed by atoms with Crippen LogP contribution in [-0.2, 0) is 6.54 Å². The van der Waals surface area contributed by atoms with Gasteiger partial charge in [-0.05, 0) is 203 Å². The number of nitrogens with two attached hydrogens (primary N) is 1. The summed E-state index contributed by atoms with van der Waals surface area (Å²) >= 11 is 0. The molecular formula is C51H66N8. The van der Waals surface area contributed by atoms with Gasteiger partial charge >= 0.3 is 0 Å². The Morgan fingerprint density at radius 3 is 1.53 bits per heavy atom. The second-order valence-corrected chi connectivity index (χ2v) is 17.7. The summed E-state index contributed by atoms with van der Waals surface area (Å²) < 4.78 is 0. The number of aliphatic imine (C=N–C) groups is 5. The van der Waals surface area contributed by atoms with Crippen molar-refractivity contribution in [3.05, 3.63) is 134 Å². The summed E-state index contributed by atoms with van der Waals surface area (Å²) in [5.74, 6) is 4.41. The highest BCUT2D eigenvalue weighted by molar-refractivity contribution is 6.33. The van der Waals surface area contributed by atoms with Crippen LogP contribution in [0.5, 0.6) is 0 Å². The molecule has 8 nitrogen and oxygen atoms in total. The zero-order valence-electron chi connectivity index (χ0n) is 39.3.